The lowest BCUT2D eigenvalue weighted by molar-refractivity contribution is -0.120. The molecule has 1 N–H and O–H groups in total. The van der Waals surface area contributed by atoms with Crippen molar-refractivity contribution < 1.29 is 13.2 Å². The maximum absolute atomic E-state index is 12.5. The third-order valence-corrected chi connectivity index (χ3v) is 6.33. The number of benzene rings is 1. The van der Waals surface area contributed by atoms with Crippen LogP contribution < -0.4 is 5.32 Å². The standard InChI is InChI=1S/C17H21N3O3S2/c1-12-5-7-13(8-6-12)15-11-24-17(18-15)19-16(21)14-4-3-9-20(10-14)25(2,22)23/h5-8,11,14H,3-4,9-10H2,1-2H3,(H,18,19,21)/t14-/m1/s1. The molecular weight excluding hydrogens is 358 g/mol. The van der Waals surface area contributed by atoms with Gasteiger partial charge in [0.25, 0.3) is 0 Å². The number of rotatable bonds is 4. The zero-order chi connectivity index (χ0) is 18.0. The topological polar surface area (TPSA) is 79.4 Å². The van der Waals surface area contributed by atoms with Crippen LogP contribution in [0.1, 0.15) is 18.4 Å². The molecule has 1 aromatic carbocycles. The molecule has 1 aromatic heterocycles. The van der Waals surface area contributed by atoms with Gasteiger partial charge in [0.1, 0.15) is 0 Å². The van der Waals surface area contributed by atoms with Crippen LogP contribution in [0.25, 0.3) is 11.3 Å². The van der Waals surface area contributed by atoms with Crippen molar-refractivity contribution in [2.75, 3.05) is 24.7 Å². The molecule has 0 radical (unpaired) electrons. The molecule has 3 rings (SSSR count). The van der Waals surface area contributed by atoms with E-state index in [2.05, 4.69) is 10.3 Å². The number of thiazole rings is 1. The maximum Gasteiger partial charge on any atom is 0.230 e. The lowest BCUT2D eigenvalue weighted by atomic mass is 9.99. The third-order valence-electron chi connectivity index (χ3n) is 4.31. The zero-order valence-electron chi connectivity index (χ0n) is 14.2. The van der Waals surface area contributed by atoms with Gasteiger partial charge in [0.05, 0.1) is 17.9 Å². The Morgan fingerprint density at radius 3 is 2.72 bits per heavy atom. The number of piperidine rings is 1. The van der Waals surface area contributed by atoms with Crippen molar-refractivity contribution in [3.05, 3.63) is 35.2 Å². The first-order valence-corrected chi connectivity index (χ1v) is 10.8. The average molecular weight is 380 g/mol. The molecule has 0 aliphatic carbocycles. The van der Waals surface area contributed by atoms with Crippen LogP contribution in [0.4, 0.5) is 5.13 Å². The van der Waals surface area contributed by atoms with Crippen molar-refractivity contribution in [3.8, 4) is 11.3 Å². The van der Waals surface area contributed by atoms with E-state index in [9.17, 15) is 13.2 Å². The van der Waals surface area contributed by atoms with Crippen molar-refractivity contribution in [3.63, 3.8) is 0 Å². The van der Waals surface area contributed by atoms with E-state index in [4.69, 9.17) is 0 Å². The van der Waals surface area contributed by atoms with Crippen LogP contribution in [0, 0.1) is 12.8 Å². The summed E-state index contributed by atoms with van der Waals surface area (Å²) in [6.45, 7) is 2.75. The monoisotopic (exact) mass is 379 g/mol. The van der Waals surface area contributed by atoms with Gasteiger partial charge < -0.3 is 5.32 Å². The van der Waals surface area contributed by atoms with Crippen LogP contribution in [0.5, 0.6) is 0 Å². The highest BCUT2D eigenvalue weighted by atomic mass is 32.2. The van der Waals surface area contributed by atoms with Gasteiger partial charge in [-0.3, -0.25) is 4.79 Å². The van der Waals surface area contributed by atoms with E-state index >= 15 is 0 Å². The van der Waals surface area contributed by atoms with Gasteiger partial charge in [0.15, 0.2) is 5.13 Å². The summed E-state index contributed by atoms with van der Waals surface area (Å²) in [5.74, 6) is -0.506. The fraction of sp³-hybridized carbons (Fsp3) is 0.412. The second kappa shape index (κ2) is 7.23. The number of amides is 1. The SMILES string of the molecule is Cc1ccc(-c2csc(NC(=O)[C@@H]3CCCN(S(C)(=O)=O)C3)n2)cc1. The molecule has 1 amide bonds. The molecule has 1 atom stereocenters. The first kappa shape index (κ1) is 18.0. The quantitative estimate of drug-likeness (QED) is 0.886. The predicted octanol–water partition coefficient (Wildman–Crippen LogP) is 2.73. The highest BCUT2D eigenvalue weighted by Crippen LogP contribution is 2.26. The van der Waals surface area contributed by atoms with Gasteiger partial charge in [0.2, 0.25) is 15.9 Å². The fourth-order valence-electron chi connectivity index (χ4n) is 2.85. The molecule has 0 unspecified atom stereocenters. The molecule has 0 saturated carbocycles. The van der Waals surface area contributed by atoms with Gasteiger partial charge in [0, 0.05) is 24.0 Å². The van der Waals surface area contributed by atoms with Gasteiger partial charge in [-0.15, -0.1) is 11.3 Å². The Balaban J connectivity index is 1.66. The van der Waals surface area contributed by atoms with Crippen molar-refractivity contribution in [1.29, 1.82) is 0 Å². The minimum absolute atomic E-state index is 0.168. The summed E-state index contributed by atoms with van der Waals surface area (Å²) in [5.41, 5.74) is 3.00. The van der Waals surface area contributed by atoms with Gasteiger partial charge in [-0.25, -0.2) is 17.7 Å². The van der Waals surface area contributed by atoms with Crippen molar-refractivity contribution in [2.24, 2.45) is 5.92 Å². The van der Waals surface area contributed by atoms with Crippen molar-refractivity contribution >= 4 is 32.4 Å². The molecule has 1 saturated heterocycles. The molecule has 2 heterocycles. The Bertz CT molecular complexity index is 860. The molecule has 1 aliphatic heterocycles. The van der Waals surface area contributed by atoms with Gasteiger partial charge >= 0.3 is 0 Å². The first-order valence-electron chi connectivity index (χ1n) is 8.11. The Hall–Kier alpha value is -1.77. The fourth-order valence-corrected chi connectivity index (χ4v) is 4.49. The number of aromatic nitrogens is 1. The Kier molecular flexibility index (Phi) is 5.21. The normalized spacial score (nSPS) is 18.9. The summed E-state index contributed by atoms with van der Waals surface area (Å²) >= 11 is 1.37. The van der Waals surface area contributed by atoms with Gasteiger partial charge in [-0.1, -0.05) is 29.8 Å². The van der Waals surface area contributed by atoms with Crippen LogP contribution in [-0.4, -0.2) is 43.0 Å². The molecule has 0 spiro atoms. The predicted molar refractivity (Wildman–Crippen MR) is 100 cm³/mol. The molecule has 2 aromatic rings. The van der Waals surface area contributed by atoms with E-state index in [1.807, 2.05) is 36.6 Å². The summed E-state index contributed by atoms with van der Waals surface area (Å²) in [6.07, 6.45) is 2.56. The number of sulfonamides is 1. The largest absolute Gasteiger partial charge is 0.302 e. The number of hydrogen-bond donors (Lipinski definition) is 1. The summed E-state index contributed by atoms with van der Waals surface area (Å²) in [7, 11) is -3.26. The molecular formula is C17H21N3O3S2. The molecule has 1 fully saturated rings. The third kappa shape index (κ3) is 4.45. The van der Waals surface area contributed by atoms with Crippen LogP contribution >= 0.6 is 11.3 Å². The van der Waals surface area contributed by atoms with E-state index in [0.717, 1.165) is 11.3 Å². The van der Waals surface area contributed by atoms with Crippen LogP contribution in [-0.2, 0) is 14.8 Å². The maximum atomic E-state index is 12.5. The van der Waals surface area contributed by atoms with Crippen LogP contribution in [0.2, 0.25) is 0 Å². The number of nitrogens with one attached hydrogen (secondary N) is 1. The second-order valence-corrected chi connectivity index (χ2v) is 9.19. The lowest BCUT2D eigenvalue weighted by Gasteiger charge is -2.29. The van der Waals surface area contributed by atoms with Crippen LogP contribution in [0.15, 0.2) is 29.6 Å². The molecule has 8 heteroatoms. The molecule has 134 valence electrons. The first-order chi connectivity index (χ1) is 11.8. The lowest BCUT2D eigenvalue weighted by Crippen LogP contribution is -2.43. The van der Waals surface area contributed by atoms with E-state index in [-0.39, 0.29) is 18.4 Å². The van der Waals surface area contributed by atoms with Crippen molar-refractivity contribution in [2.45, 2.75) is 19.8 Å². The molecule has 25 heavy (non-hydrogen) atoms. The van der Waals surface area contributed by atoms with Crippen molar-refractivity contribution in [1.82, 2.24) is 9.29 Å². The van der Waals surface area contributed by atoms with Gasteiger partial charge in [-0.2, -0.15) is 0 Å². The number of hydrogen-bond acceptors (Lipinski definition) is 5. The second-order valence-electron chi connectivity index (χ2n) is 6.35. The number of anilines is 1. The zero-order valence-corrected chi connectivity index (χ0v) is 15.9. The summed E-state index contributed by atoms with van der Waals surface area (Å²) in [6, 6.07) is 8.05. The van der Waals surface area contributed by atoms with Gasteiger partial charge in [-0.05, 0) is 19.8 Å². The summed E-state index contributed by atoms with van der Waals surface area (Å²) in [4.78, 5) is 16.9. The smallest absolute Gasteiger partial charge is 0.230 e. The van der Waals surface area contributed by atoms with E-state index < -0.39 is 10.0 Å². The van der Waals surface area contributed by atoms with E-state index in [0.29, 0.717) is 24.5 Å². The molecule has 6 nitrogen and oxygen atoms in total. The Morgan fingerprint density at radius 2 is 2.04 bits per heavy atom. The number of aryl methyl sites for hydroxylation is 1. The summed E-state index contributed by atoms with van der Waals surface area (Å²) in [5, 5.41) is 5.28. The number of carbonyl (C=O) groups excluding carboxylic acids is 1. The minimum atomic E-state index is -3.26. The number of carbonyl (C=O) groups is 1. The number of nitrogens with zero attached hydrogens (tertiary/aromatic N) is 2. The Labute approximate surface area is 151 Å². The Morgan fingerprint density at radius 1 is 1.32 bits per heavy atom. The average Bonchev–Trinajstić information content (AvgIpc) is 3.03. The minimum Gasteiger partial charge on any atom is -0.302 e. The van der Waals surface area contributed by atoms with Crippen LogP contribution in [0.3, 0.4) is 0 Å². The van der Waals surface area contributed by atoms with E-state index in [1.165, 1.54) is 27.5 Å². The summed E-state index contributed by atoms with van der Waals surface area (Å²) < 4.78 is 24.7. The molecule has 1 aliphatic rings. The highest BCUT2D eigenvalue weighted by molar-refractivity contribution is 7.88. The molecule has 0 bridgehead atoms. The highest BCUT2D eigenvalue weighted by Gasteiger charge is 2.30. The van der Waals surface area contributed by atoms with E-state index in [1.54, 1.807) is 0 Å².